The number of hydrogen-bond acceptors (Lipinski definition) is 7. The molecule has 0 aliphatic rings. The first kappa shape index (κ1) is 23.8. The molecule has 8 nitrogen and oxygen atoms in total. The average molecular weight is 496 g/mol. The summed E-state index contributed by atoms with van der Waals surface area (Å²) in [6.45, 7) is 1.61. The van der Waals surface area contributed by atoms with Crippen molar-refractivity contribution in [3.8, 4) is 22.9 Å². The number of carbonyl (C=O) groups excluding carboxylic acids is 1. The fourth-order valence-electron chi connectivity index (χ4n) is 3.90. The zero-order valence-corrected chi connectivity index (χ0v) is 20.0. The molecule has 9 heteroatoms. The lowest BCUT2D eigenvalue weighted by atomic mass is 10.0. The molecule has 0 amide bonds. The number of benzene rings is 2. The van der Waals surface area contributed by atoms with Gasteiger partial charge in [-0.1, -0.05) is 12.1 Å². The topological polar surface area (TPSA) is 96.2 Å². The first-order valence-electron chi connectivity index (χ1n) is 11.4. The molecule has 0 saturated carbocycles. The monoisotopic (exact) mass is 496 g/mol. The summed E-state index contributed by atoms with van der Waals surface area (Å²) >= 11 is 0. The van der Waals surface area contributed by atoms with E-state index in [1.54, 1.807) is 62.8 Å². The van der Waals surface area contributed by atoms with E-state index < -0.39 is 11.4 Å². The predicted molar refractivity (Wildman–Crippen MR) is 135 cm³/mol. The second-order valence-corrected chi connectivity index (χ2v) is 8.25. The highest BCUT2D eigenvalue weighted by Crippen LogP contribution is 2.29. The maximum absolute atomic E-state index is 13.3. The van der Waals surface area contributed by atoms with Gasteiger partial charge in [0.15, 0.2) is 11.5 Å². The number of nitrogens with zero attached hydrogens (tertiary/aromatic N) is 4. The minimum absolute atomic E-state index is 0.00286. The van der Waals surface area contributed by atoms with Gasteiger partial charge in [0.25, 0.3) is 5.56 Å². The van der Waals surface area contributed by atoms with E-state index in [0.29, 0.717) is 45.2 Å². The van der Waals surface area contributed by atoms with Gasteiger partial charge in [-0.15, -0.1) is 0 Å². The van der Waals surface area contributed by atoms with Gasteiger partial charge in [0, 0.05) is 24.8 Å². The molecule has 184 valence electrons. The molecule has 0 N–H and O–H groups in total. The summed E-state index contributed by atoms with van der Waals surface area (Å²) in [7, 11) is 1.56. The Bertz CT molecular complexity index is 1670. The number of aryl methyl sites for hydroxylation is 1. The minimum atomic E-state index is -0.502. The van der Waals surface area contributed by atoms with Crippen molar-refractivity contribution in [2.75, 3.05) is 7.11 Å². The molecule has 0 bridgehead atoms. The third-order valence-corrected chi connectivity index (χ3v) is 5.81. The van der Waals surface area contributed by atoms with Gasteiger partial charge < -0.3 is 9.47 Å². The van der Waals surface area contributed by atoms with Crippen LogP contribution in [0.15, 0.2) is 84.2 Å². The second kappa shape index (κ2) is 9.98. The van der Waals surface area contributed by atoms with Gasteiger partial charge in [-0.05, 0) is 48.9 Å². The number of rotatable bonds is 7. The first-order valence-corrected chi connectivity index (χ1v) is 11.4. The highest BCUT2D eigenvalue weighted by Gasteiger charge is 2.18. The van der Waals surface area contributed by atoms with Crippen LogP contribution < -0.4 is 15.0 Å². The Kier molecular flexibility index (Phi) is 6.42. The molecule has 2 aromatic carbocycles. The van der Waals surface area contributed by atoms with Crippen LogP contribution in [-0.2, 0) is 6.42 Å². The quantitative estimate of drug-likeness (QED) is 0.297. The van der Waals surface area contributed by atoms with E-state index in [9.17, 15) is 14.0 Å². The fraction of sp³-hybridized carbons (Fsp3) is 0.107. The van der Waals surface area contributed by atoms with Gasteiger partial charge in [-0.3, -0.25) is 19.1 Å². The van der Waals surface area contributed by atoms with Crippen LogP contribution in [0.4, 0.5) is 4.39 Å². The fourth-order valence-corrected chi connectivity index (χ4v) is 3.90. The molecule has 3 aromatic heterocycles. The number of fused-ring (bicyclic) bond motifs is 1. The van der Waals surface area contributed by atoms with Gasteiger partial charge in [-0.2, -0.15) is 0 Å². The van der Waals surface area contributed by atoms with Gasteiger partial charge >= 0.3 is 0 Å². The van der Waals surface area contributed by atoms with Crippen LogP contribution in [0.1, 0.15) is 21.6 Å². The summed E-state index contributed by atoms with van der Waals surface area (Å²) in [6, 6.07) is 15.9. The van der Waals surface area contributed by atoms with E-state index in [-0.39, 0.29) is 17.8 Å². The summed E-state index contributed by atoms with van der Waals surface area (Å²) in [5.41, 5.74) is 2.18. The second-order valence-electron chi connectivity index (χ2n) is 8.25. The Morgan fingerprint density at radius 2 is 1.73 bits per heavy atom. The number of ether oxygens (including phenoxy) is 2. The maximum atomic E-state index is 13.3. The zero-order valence-electron chi connectivity index (χ0n) is 20.0. The predicted octanol–water partition coefficient (Wildman–Crippen LogP) is 4.85. The molecule has 0 saturated heterocycles. The standard InChI is InChI=1S/C28H21FN4O4/c1-17-26(28(35)33(16-32-17)20-7-5-19(29)6-8-20)24(34)13-18-3-9-21(10-4-18)37-25-11-12-30-23-14-22(36-2)15-31-27(23)25/h3-12,14-16H,13H2,1-2H3. The average Bonchev–Trinajstić information content (AvgIpc) is 2.90. The van der Waals surface area contributed by atoms with Crippen molar-refractivity contribution in [1.82, 2.24) is 19.5 Å². The number of halogens is 1. The van der Waals surface area contributed by atoms with E-state index in [2.05, 4.69) is 15.0 Å². The Morgan fingerprint density at radius 3 is 2.46 bits per heavy atom. The molecule has 5 aromatic rings. The van der Waals surface area contributed by atoms with Crippen molar-refractivity contribution in [3.63, 3.8) is 0 Å². The number of Topliss-reactive ketones (excluding diaryl/α,β-unsaturated/α-hetero) is 1. The van der Waals surface area contributed by atoms with Crippen LogP contribution in [0.5, 0.6) is 17.2 Å². The molecule has 0 fully saturated rings. The molecule has 0 radical (unpaired) electrons. The van der Waals surface area contributed by atoms with Crippen LogP contribution in [-0.4, -0.2) is 32.4 Å². The summed E-state index contributed by atoms with van der Waals surface area (Å²) < 4.78 is 25.7. The number of ketones is 1. The van der Waals surface area contributed by atoms with Crippen molar-refractivity contribution < 1.29 is 18.7 Å². The Labute approximate surface area is 211 Å². The Morgan fingerprint density at radius 1 is 0.973 bits per heavy atom. The number of methoxy groups -OCH3 is 1. The molecule has 5 rings (SSSR count). The summed E-state index contributed by atoms with van der Waals surface area (Å²) in [5.74, 6) is 0.897. The lowest BCUT2D eigenvalue weighted by molar-refractivity contribution is 0.0990. The van der Waals surface area contributed by atoms with Crippen LogP contribution in [0, 0.1) is 12.7 Å². The highest BCUT2D eigenvalue weighted by atomic mass is 19.1. The van der Waals surface area contributed by atoms with Crippen LogP contribution in [0.3, 0.4) is 0 Å². The van der Waals surface area contributed by atoms with Gasteiger partial charge in [0.2, 0.25) is 0 Å². The highest BCUT2D eigenvalue weighted by molar-refractivity contribution is 5.98. The number of aromatic nitrogens is 4. The molecule has 0 atom stereocenters. The van der Waals surface area contributed by atoms with Gasteiger partial charge in [0.1, 0.15) is 34.7 Å². The molecule has 37 heavy (non-hydrogen) atoms. The minimum Gasteiger partial charge on any atom is -0.495 e. The molecule has 3 heterocycles. The normalized spacial score (nSPS) is 10.9. The summed E-state index contributed by atoms with van der Waals surface area (Å²) in [5, 5.41) is 0. The van der Waals surface area contributed by atoms with Crippen molar-refractivity contribution in [2.45, 2.75) is 13.3 Å². The third kappa shape index (κ3) is 4.92. The van der Waals surface area contributed by atoms with E-state index in [4.69, 9.17) is 9.47 Å². The van der Waals surface area contributed by atoms with E-state index in [1.807, 2.05) is 0 Å². The van der Waals surface area contributed by atoms with E-state index in [1.165, 1.54) is 35.2 Å². The first-order chi connectivity index (χ1) is 17.9. The maximum Gasteiger partial charge on any atom is 0.269 e. The van der Waals surface area contributed by atoms with Crippen LogP contribution in [0.25, 0.3) is 16.7 Å². The molecule has 0 aliphatic carbocycles. The zero-order chi connectivity index (χ0) is 25.9. The van der Waals surface area contributed by atoms with Gasteiger partial charge in [0.05, 0.1) is 30.2 Å². The molecule has 0 spiro atoms. The number of carbonyl (C=O) groups is 1. The Balaban J connectivity index is 1.35. The van der Waals surface area contributed by atoms with Crippen LogP contribution >= 0.6 is 0 Å². The number of hydrogen-bond donors (Lipinski definition) is 0. The van der Waals surface area contributed by atoms with Crippen molar-refractivity contribution in [2.24, 2.45) is 0 Å². The summed E-state index contributed by atoms with van der Waals surface area (Å²) in [6.07, 6.45) is 4.56. The van der Waals surface area contributed by atoms with Crippen molar-refractivity contribution >= 4 is 16.8 Å². The third-order valence-electron chi connectivity index (χ3n) is 5.81. The molecule has 0 unspecified atom stereocenters. The number of pyridine rings is 2. The van der Waals surface area contributed by atoms with E-state index in [0.717, 1.165) is 0 Å². The molecule has 0 aliphatic heterocycles. The van der Waals surface area contributed by atoms with Gasteiger partial charge in [-0.25, -0.2) is 14.4 Å². The molecular formula is C28H21FN4O4. The lowest BCUT2D eigenvalue weighted by Gasteiger charge is -2.11. The largest absolute Gasteiger partial charge is 0.495 e. The van der Waals surface area contributed by atoms with Crippen molar-refractivity contribution in [1.29, 1.82) is 0 Å². The molecular weight excluding hydrogens is 475 g/mol. The SMILES string of the molecule is COc1cnc2c(Oc3ccc(CC(=O)c4c(C)ncn(-c5ccc(F)cc5)c4=O)cc3)ccnc2c1. The van der Waals surface area contributed by atoms with Crippen molar-refractivity contribution in [3.05, 3.63) is 112 Å². The lowest BCUT2D eigenvalue weighted by Crippen LogP contribution is -2.28. The summed E-state index contributed by atoms with van der Waals surface area (Å²) in [4.78, 5) is 39.1. The Hall–Kier alpha value is -4.92. The van der Waals surface area contributed by atoms with Crippen LogP contribution in [0.2, 0.25) is 0 Å². The van der Waals surface area contributed by atoms with E-state index >= 15 is 0 Å². The smallest absolute Gasteiger partial charge is 0.269 e.